The highest BCUT2D eigenvalue weighted by atomic mass is 32.1. The number of aromatic nitrogens is 3. The molecule has 0 amide bonds. The Hall–Kier alpha value is -1.57. The quantitative estimate of drug-likeness (QED) is 0.847. The SMILES string of the molecule is Cc1ccc(N2C[C@H]3CN(Cc4csc(C)n4)CCO[C@H]3C2)nn1. The van der Waals surface area contributed by atoms with Crippen LogP contribution in [0.1, 0.15) is 16.4 Å². The number of hydrogen-bond acceptors (Lipinski definition) is 7. The maximum Gasteiger partial charge on any atom is 0.151 e. The van der Waals surface area contributed by atoms with Crippen molar-refractivity contribution in [3.8, 4) is 0 Å². The second-order valence-corrected chi connectivity index (χ2v) is 7.76. The van der Waals surface area contributed by atoms with E-state index in [0.717, 1.165) is 55.9 Å². The van der Waals surface area contributed by atoms with Crippen LogP contribution < -0.4 is 4.90 Å². The van der Waals surface area contributed by atoms with Crippen molar-refractivity contribution >= 4 is 17.2 Å². The van der Waals surface area contributed by atoms with Crippen LogP contribution in [0.2, 0.25) is 0 Å². The molecular formula is C17H23N5OS. The van der Waals surface area contributed by atoms with Crippen molar-refractivity contribution in [3.05, 3.63) is 33.9 Å². The van der Waals surface area contributed by atoms with Crippen molar-refractivity contribution in [3.63, 3.8) is 0 Å². The molecule has 0 radical (unpaired) electrons. The Kier molecular flexibility index (Phi) is 4.47. The first-order chi connectivity index (χ1) is 11.7. The van der Waals surface area contributed by atoms with E-state index in [2.05, 4.69) is 43.4 Å². The molecule has 0 spiro atoms. The van der Waals surface area contributed by atoms with E-state index in [1.807, 2.05) is 13.0 Å². The second kappa shape index (κ2) is 6.74. The zero-order valence-corrected chi connectivity index (χ0v) is 15.0. The van der Waals surface area contributed by atoms with Gasteiger partial charge in [0, 0.05) is 44.0 Å². The number of hydrogen-bond donors (Lipinski definition) is 0. The van der Waals surface area contributed by atoms with Crippen LogP contribution in [0.25, 0.3) is 0 Å². The van der Waals surface area contributed by atoms with Crippen molar-refractivity contribution in [1.29, 1.82) is 0 Å². The molecule has 2 atom stereocenters. The molecule has 0 unspecified atom stereocenters. The molecule has 2 aromatic rings. The Morgan fingerprint density at radius 3 is 2.88 bits per heavy atom. The Balaban J connectivity index is 1.42. The molecule has 2 fully saturated rings. The number of thiazole rings is 1. The zero-order valence-electron chi connectivity index (χ0n) is 14.2. The number of nitrogens with zero attached hydrogens (tertiary/aromatic N) is 5. The summed E-state index contributed by atoms with van der Waals surface area (Å²) in [6, 6.07) is 4.08. The summed E-state index contributed by atoms with van der Waals surface area (Å²) in [5, 5.41) is 11.8. The Labute approximate surface area is 146 Å². The van der Waals surface area contributed by atoms with Gasteiger partial charge in [-0.1, -0.05) is 0 Å². The minimum Gasteiger partial charge on any atom is -0.375 e. The molecule has 2 aromatic heterocycles. The molecule has 7 heteroatoms. The largest absolute Gasteiger partial charge is 0.375 e. The monoisotopic (exact) mass is 345 g/mol. The summed E-state index contributed by atoms with van der Waals surface area (Å²) in [5.41, 5.74) is 2.13. The summed E-state index contributed by atoms with van der Waals surface area (Å²) in [6.07, 6.45) is 0.287. The molecule has 24 heavy (non-hydrogen) atoms. The van der Waals surface area contributed by atoms with Crippen molar-refractivity contribution in [2.24, 2.45) is 5.92 Å². The molecule has 4 rings (SSSR count). The van der Waals surface area contributed by atoms with Gasteiger partial charge in [0.1, 0.15) is 0 Å². The zero-order chi connectivity index (χ0) is 16.5. The Morgan fingerprint density at radius 1 is 1.21 bits per heavy atom. The molecular weight excluding hydrogens is 322 g/mol. The van der Waals surface area contributed by atoms with Crippen LogP contribution in [0.15, 0.2) is 17.5 Å². The van der Waals surface area contributed by atoms with E-state index in [4.69, 9.17) is 4.74 Å². The van der Waals surface area contributed by atoms with E-state index in [0.29, 0.717) is 5.92 Å². The first-order valence-electron chi connectivity index (χ1n) is 8.47. The summed E-state index contributed by atoms with van der Waals surface area (Å²) in [5.74, 6) is 1.47. The molecule has 0 aliphatic carbocycles. The average molecular weight is 345 g/mol. The molecule has 2 saturated heterocycles. The van der Waals surface area contributed by atoms with Gasteiger partial charge < -0.3 is 9.64 Å². The highest BCUT2D eigenvalue weighted by molar-refractivity contribution is 7.09. The standard InChI is InChI=1S/C17H23N5OS/c1-12-3-4-17(20-19-12)22-8-14-7-21(5-6-23-16(14)10-22)9-15-11-24-13(2)18-15/h3-4,11,14,16H,5-10H2,1-2H3/t14-,16+/m1/s1. The fourth-order valence-electron chi connectivity index (χ4n) is 3.56. The molecule has 128 valence electrons. The third-order valence-corrected chi connectivity index (χ3v) is 5.60. The van der Waals surface area contributed by atoms with Gasteiger partial charge in [0.2, 0.25) is 0 Å². The third kappa shape index (κ3) is 3.43. The van der Waals surface area contributed by atoms with Gasteiger partial charge in [-0.2, -0.15) is 5.10 Å². The summed E-state index contributed by atoms with van der Waals surface area (Å²) in [7, 11) is 0. The molecule has 0 saturated carbocycles. The summed E-state index contributed by atoms with van der Waals surface area (Å²) in [4.78, 5) is 9.38. The van der Waals surface area contributed by atoms with Crippen molar-refractivity contribution in [2.75, 3.05) is 37.7 Å². The lowest BCUT2D eigenvalue weighted by atomic mass is 10.1. The van der Waals surface area contributed by atoms with Gasteiger partial charge in [0.25, 0.3) is 0 Å². The smallest absolute Gasteiger partial charge is 0.151 e. The lowest BCUT2D eigenvalue weighted by molar-refractivity contribution is 0.0578. The maximum absolute atomic E-state index is 6.13. The van der Waals surface area contributed by atoms with Gasteiger partial charge in [-0.15, -0.1) is 16.4 Å². The van der Waals surface area contributed by atoms with Crippen LogP contribution in [0.3, 0.4) is 0 Å². The van der Waals surface area contributed by atoms with E-state index in [-0.39, 0.29) is 6.10 Å². The van der Waals surface area contributed by atoms with Gasteiger partial charge in [-0.3, -0.25) is 4.90 Å². The number of rotatable bonds is 3. The fraction of sp³-hybridized carbons (Fsp3) is 0.588. The van der Waals surface area contributed by atoms with Gasteiger partial charge >= 0.3 is 0 Å². The van der Waals surface area contributed by atoms with Gasteiger partial charge in [-0.05, 0) is 26.0 Å². The number of anilines is 1. The van der Waals surface area contributed by atoms with E-state index in [1.165, 1.54) is 5.69 Å². The van der Waals surface area contributed by atoms with Gasteiger partial charge in [0.05, 0.1) is 29.1 Å². The normalized spacial score (nSPS) is 24.8. The van der Waals surface area contributed by atoms with Crippen LogP contribution in [0, 0.1) is 19.8 Å². The third-order valence-electron chi connectivity index (χ3n) is 4.77. The van der Waals surface area contributed by atoms with E-state index in [1.54, 1.807) is 11.3 Å². The first kappa shape index (κ1) is 15.9. The topological polar surface area (TPSA) is 54.4 Å². The van der Waals surface area contributed by atoms with E-state index < -0.39 is 0 Å². The van der Waals surface area contributed by atoms with Crippen LogP contribution in [0.4, 0.5) is 5.82 Å². The van der Waals surface area contributed by atoms with Crippen LogP contribution in [-0.4, -0.2) is 59.0 Å². The molecule has 4 heterocycles. The van der Waals surface area contributed by atoms with Crippen LogP contribution in [0.5, 0.6) is 0 Å². The van der Waals surface area contributed by atoms with Crippen molar-refractivity contribution < 1.29 is 4.74 Å². The Bertz CT molecular complexity index is 689. The van der Waals surface area contributed by atoms with Crippen molar-refractivity contribution in [2.45, 2.75) is 26.5 Å². The molecule has 0 bridgehead atoms. The van der Waals surface area contributed by atoms with Crippen LogP contribution >= 0.6 is 11.3 Å². The highest BCUT2D eigenvalue weighted by Gasteiger charge is 2.37. The fourth-order valence-corrected chi connectivity index (χ4v) is 4.17. The predicted octanol–water partition coefficient (Wildman–Crippen LogP) is 1.89. The minimum atomic E-state index is 0.287. The van der Waals surface area contributed by atoms with E-state index in [9.17, 15) is 0 Å². The first-order valence-corrected chi connectivity index (χ1v) is 9.35. The van der Waals surface area contributed by atoms with E-state index >= 15 is 0 Å². The summed E-state index contributed by atoms with van der Waals surface area (Å²) < 4.78 is 6.13. The lowest BCUT2D eigenvalue weighted by Crippen LogP contribution is -2.32. The Morgan fingerprint density at radius 2 is 2.12 bits per heavy atom. The summed E-state index contributed by atoms with van der Waals surface area (Å²) in [6.45, 7) is 9.66. The van der Waals surface area contributed by atoms with Crippen LogP contribution in [-0.2, 0) is 11.3 Å². The molecule has 2 aliphatic heterocycles. The second-order valence-electron chi connectivity index (χ2n) is 6.70. The molecule has 2 aliphatic rings. The van der Waals surface area contributed by atoms with Gasteiger partial charge in [0.15, 0.2) is 5.82 Å². The maximum atomic E-state index is 6.13. The average Bonchev–Trinajstić information content (AvgIpc) is 3.10. The number of ether oxygens (including phenoxy) is 1. The predicted molar refractivity (Wildman–Crippen MR) is 94.3 cm³/mol. The molecule has 6 nitrogen and oxygen atoms in total. The van der Waals surface area contributed by atoms with Crippen molar-refractivity contribution in [1.82, 2.24) is 20.1 Å². The summed E-state index contributed by atoms with van der Waals surface area (Å²) >= 11 is 1.72. The lowest BCUT2D eigenvalue weighted by Gasteiger charge is -2.22. The minimum absolute atomic E-state index is 0.287. The number of aryl methyl sites for hydroxylation is 2. The highest BCUT2D eigenvalue weighted by Crippen LogP contribution is 2.27. The number of fused-ring (bicyclic) bond motifs is 1. The molecule has 0 N–H and O–H groups in total. The van der Waals surface area contributed by atoms with Gasteiger partial charge in [-0.25, -0.2) is 4.98 Å². The molecule has 0 aromatic carbocycles.